The Morgan fingerprint density at radius 2 is 1.79 bits per heavy atom. The van der Waals surface area contributed by atoms with Crippen molar-refractivity contribution in [3.8, 4) is 0 Å². The molecule has 1 aromatic carbocycles. The molecule has 2 rings (SSSR count). The number of nitrogens with one attached hydrogen (secondary N) is 1. The van der Waals surface area contributed by atoms with Crippen molar-refractivity contribution in [1.82, 2.24) is 5.32 Å². The molecule has 0 heterocycles. The van der Waals surface area contributed by atoms with E-state index in [4.69, 9.17) is 23.2 Å². The number of rotatable bonds is 4. The smallest absolute Gasteiger partial charge is 0.0459 e. The van der Waals surface area contributed by atoms with Crippen LogP contribution in [0.4, 0.5) is 0 Å². The lowest BCUT2D eigenvalue weighted by atomic mass is 9.67. The largest absolute Gasteiger partial charge is 0.316 e. The molecule has 19 heavy (non-hydrogen) atoms. The summed E-state index contributed by atoms with van der Waals surface area (Å²) in [5.74, 6) is 0.816. The van der Waals surface area contributed by atoms with Crippen LogP contribution in [0, 0.1) is 5.92 Å². The summed E-state index contributed by atoms with van der Waals surface area (Å²) in [4.78, 5) is 0. The Hall–Kier alpha value is -0.240. The van der Waals surface area contributed by atoms with Crippen LogP contribution in [0.25, 0.3) is 0 Å². The van der Waals surface area contributed by atoms with Gasteiger partial charge in [-0.1, -0.05) is 43.1 Å². The second-order valence-corrected chi connectivity index (χ2v) is 6.65. The average Bonchev–Trinajstić information content (AvgIpc) is 2.39. The minimum atomic E-state index is 0.109. The van der Waals surface area contributed by atoms with Crippen molar-refractivity contribution in [1.29, 1.82) is 0 Å². The summed E-state index contributed by atoms with van der Waals surface area (Å²) < 4.78 is 0. The molecular formula is C16H23Cl2N. The van der Waals surface area contributed by atoms with Crippen molar-refractivity contribution in [2.75, 3.05) is 13.1 Å². The molecule has 1 aromatic rings. The molecular weight excluding hydrogens is 277 g/mol. The fourth-order valence-corrected chi connectivity index (χ4v) is 4.00. The van der Waals surface area contributed by atoms with E-state index in [1.165, 1.54) is 25.7 Å². The summed E-state index contributed by atoms with van der Waals surface area (Å²) in [6, 6.07) is 5.86. The first-order chi connectivity index (χ1) is 9.09. The highest BCUT2D eigenvalue weighted by Crippen LogP contribution is 2.46. The zero-order chi connectivity index (χ0) is 13.9. The predicted molar refractivity (Wildman–Crippen MR) is 84.3 cm³/mol. The molecule has 0 aliphatic heterocycles. The summed E-state index contributed by atoms with van der Waals surface area (Å²) in [5.41, 5.74) is 1.27. The van der Waals surface area contributed by atoms with Crippen LogP contribution in [0.2, 0.25) is 10.0 Å². The first-order valence-electron chi connectivity index (χ1n) is 7.24. The van der Waals surface area contributed by atoms with Crippen molar-refractivity contribution in [2.24, 2.45) is 5.92 Å². The standard InChI is InChI=1S/C16H23Cl2N/c1-3-19-11-16(9-7-12(2)8-10-16)15-13(17)5-4-6-14(15)18/h4-6,12,19H,3,7-11H2,1-2H3. The SMILES string of the molecule is CCNCC1(c2c(Cl)cccc2Cl)CCC(C)CC1. The van der Waals surface area contributed by atoms with E-state index >= 15 is 0 Å². The van der Waals surface area contributed by atoms with Crippen LogP contribution in [0.15, 0.2) is 18.2 Å². The fraction of sp³-hybridized carbons (Fsp3) is 0.625. The third-order valence-corrected chi connectivity index (χ3v) is 5.07. The minimum absolute atomic E-state index is 0.109. The number of halogens is 2. The molecule has 3 heteroatoms. The number of likely N-dealkylation sites (N-methyl/N-ethyl adjacent to an activating group) is 1. The summed E-state index contributed by atoms with van der Waals surface area (Å²) in [6.07, 6.45) is 4.86. The highest BCUT2D eigenvalue weighted by molar-refractivity contribution is 6.36. The third kappa shape index (κ3) is 3.26. The maximum Gasteiger partial charge on any atom is 0.0459 e. The van der Waals surface area contributed by atoms with Gasteiger partial charge in [0.2, 0.25) is 0 Å². The first kappa shape index (κ1) is 15.2. The van der Waals surface area contributed by atoms with Crippen LogP contribution in [-0.2, 0) is 5.41 Å². The van der Waals surface area contributed by atoms with Crippen molar-refractivity contribution in [3.05, 3.63) is 33.8 Å². The maximum absolute atomic E-state index is 6.46. The topological polar surface area (TPSA) is 12.0 Å². The summed E-state index contributed by atoms with van der Waals surface area (Å²) in [6.45, 7) is 6.44. The van der Waals surface area contributed by atoms with Gasteiger partial charge in [-0.2, -0.15) is 0 Å². The number of benzene rings is 1. The lowest BCUT2D eigenvalue weighted by molar-refractivity contribution is 0.235. The zero-order valence-corrected chi connectivity index (χ0v) is 13.3. The molecule has 0 atom stereocenters. The molecule has 1 nitrogen and oxygen atoms in total. The van der Waals surface area contributed by atoms with Gasteiger partial charge in [0, 0.05) is 22.0 Å². The highest BCUT2D eigenvalue weighted by atomic mass is 35.5. The van der Waals surface area contributed by atoms with E-state index in [-0.39, 0.29) is 5.41 Å². The van der Waals surface area contributed by atoms with Crippen LogP contribution < -0.4 is 5.32 Å². The summed E-state index contributed by atoms with van der Waals surface area (Å²) >= 11 is 12.9. The van der Waals surface area contributed by atoms with Crippen molar-refractivity contribution in [3.63, 3.8) is 0 Å². The van der Waals surface area contributed by atoms with E-state index in [1.54, 1.807) is 0 Å². The number of hydrogen-bond acceptors (Lipinski definition) is 1. The molecule has 1 N–H and O–H groups in total. The van der Waals surface area contributed by atoms with E-state index in [2.05, 4.69) is 19.2 Å². The van der Waals surface area contributed by atoms with E-state index in [1.807, 2.05) is 18.2 Å². The van der Waals surface area contributed by atoms with Crippen LogP contribution in [-0.4, -0.2) is 13.1 Å². The monoisotopic (exact) mass is 299 g/mol. The number of hydrogen-bond donors (Lipinski definition) is 1. The molecule has 0 radical (unpaired) electrons. The Labute approximate surface area is 126 Å². The molecule has 1 aliphatic carbocycles. The van der Waals surface area contributed by atoms with Gasteiger partial charge in [0.15, 0.2) is 0 Å². The third-order valence-electron chi connectivity index (χ3n) is 4.44. The van der Waals surface area contributed by atoms with Gasteiger partial charge in [-0.25, -0.2) is 0 Å². The van der Waals surface area contributed by atoms with Crippen LogP contribution in [0.5, 0.6) is 0 Å². The summed E-state index contributed by atoms with van der Waals surface area (Å²) in [5, 5.41) is 5.15. The predicted octanol–water partition coefficient (Wildman–Crippen LogP) is 5.05. The Morgan fingerprint density at radius 1 is 1.21 bits per heavy atom. The molecule has 0 amide bonds. The molecule has 0 aromatic heterocycles. The second kappa shape index (κ2) is 6.47. The van der Waals surface area contributed by atoms with Crippen molar-refractivity contribution < 1.29 is 0 Å². The van der Waals surface area contributed by atoms with Crippen molar-refractivity contribution in [2.45, 2.75) is 44.9 Å². The lowest BCUT2D eigenvalue weighted by Gasteiger charge is -2.41. The average molecular weight is 300 g/mol. The van der Waals surface area contributed by atoms with E-state index in [0.717, 1.165) is 34.6 Å². The van der Waals surface area contributed by atoms with Gasteiger partial charge < -0.3 is 5.32 Å². The summed E-state index contributed by atoms with van der Waals surface area (Å²) in [7, 11) is 0. The molecule has 0 bridgehead atoms. The molecule has 1 saturated carbocycles. The van der Waals surface area contributed by atoms with Gasteiger partial charge in [-0.3, -0.25) is 0 Å². The van der Waals surface area contributed by atoms with Gasteiger partial charge in [0.25, 0.3) is 0 Å². The molecule has 106 valence electrons. The fourth-order valence-electron chi connectivity index (χ4n) is 3.20. The Balaban J connectivity index is 2.37. The van der Waals surface area contributed by atoms with Crippen LogP contribution in [0.3, 0.4) is 0 Å². The minimum Gasteiger partial charge on any atom is -0.316 e. The van der Waals surface area contributed by atoms with Gasteiger partial charge in [-0.15, -0.1) is 0 Å². The molecule has 0 saturated heterocycles. The van der Waals surface area contributed by atoms with E-state index in [0.29, 0.717) is 0 Å². The zero-order valence-electron chi connectivity index (χ0n) is 11.8. The van der Waals surface area contributed by atoms with E-state index in [9.17, 15) is 0 Å². The maximum atomic E-state index is 6.46. The molecule has 0 spiro atoms. The Kier molecular flexibility index (Phi) is 5.16. The Bertz CT molecular complexity index is 397. The van der Waals surface area contributed by atoms with Gasteiger partial charge >= 0.3 is 0 Å². The van der Waals surface area contributed by atoms with Crippen molar-refractivity contribution >= 4 is 23.2 Å². The first-order valence-corrected chi connectivity index (χ1v) is 8.00. The van der Waals surface area contributed by atoms with E-state index < -0.39 is 0 Å². The van der Waals surface area contributed by atoms with Crippen LogP contribution in [0.1, 0.15) is 45.1 Å². The molecule has 1 fully saturated rings. The quantitative estimate of drug-likeness (QED) is 0.820. The van der Waals surface area contributed by atoms with Gasteiger partial charge in [0.1, 0.15) is 0 Å². The lowest BCUT2D eigenvalue weighted by Crippen LogP contribution is -2.41. The van der Waals surface area contributed by atoms with Gasteiger partial charge in [0.05, 0.1) is 0 Å². The highest BCUT2D eigenvalue weighted by Gasteiger charge is 2.38. The molecule has 1 aliphatic rings. The normalized spacial score (nSPS) is 27.5. The Morgan fingerprint density at radius 3 is 2.32 bits per heavy atom. The van der Waals surface area contributed by atoms with Gasteiger partial charge in [-0.05, 0) is 55.8 Å². The van der Waals surface area contributed by atoms with Crippen LogP contribution >= 0.6 is 23.2 Å². The molecule has 0 unspecified atom stereocenters. The second-order valence-electron chi connectivity index (χ2n) is 5.84.